The Bertz CT molecular complexity index is 854. The van der Waals surface area contributed by atoms with Gasteiger partial charge >= 0.3 is 6.18 Å². The van der Waals surface area contributed by atoms with Crippen LogP contribution in [0.5, 0.6) is 0 Å². The van der Waals surface area contributed by atoms with Crippen molar-refractivity contribution in [1.82, 2.24) is 0 Å². The number of hydrogen-bond donors (Lipinski definition) is 0. The average Bonchev–Trinajstić information content (AvgIpc) is 2.66. The first-order chi connectivity index (χ1) is 13.2. The molecule has 0 heterocycles. The van der Waals surface area contributed by atoms with E-state index >= 15 is 0 Å². The molecule has 0 N–H and O–H groups in total. The van der Waals surface area contributed by atoms with Crippen molar-refractivity contribution in [3.05, 3.63) is 87.8 Å². The van der Waals surface area contributed by atoms with Crippen LogP contribution in [-0.4, -0.2) is 12.1 Å². The summed E-state index contributed by atoms with van der Waals surface area (Å²) in [5.74, 6) is -3.01. The maximum absolute atomic E-state index is 10.5. The standard InChI is InChI=1S/C18H13Br2S.C2HF3O2/c19-14-6-10-17(11-7-14)21(16-4-2-1-3-5-16)18-12-8-15(20)9-13-18;3-2(4,5)1(6)7/h1-13H;(H,6,7)/q+1;/p-1. The summed E-state index contributed by atoms with van der Waals surface area (Å²) in [4.78, 5) is 12.8. The van der Waals surface area contributed by atoms with E-state index < -0.39 is 12.1 Å². The third-order valence-corrected chi connectivity index (χ3v) is 6.60. The minimum Gasteiger partial charge on any atom is -0.542 e. The lowest BCUT2D eigenvalue weighted by molar-refractivity contribution is -0.344. The van der Waals surface area contributed by atoms with E-state index in [1.807, 2.05) is 0 Å². The first kappa shape index (κ1) is 22.5. The van der Waals surface area contributed by atoms with Crippen LogP contribution in [0.3, 0.4) is 0 Å². The Hall–Kier alpha value is -1.77. The Morgan fingerprint density at radius 1 is 0.714 bits per heavy atom. The Labute approximate surface area is 180 Å². The summed E-state index contributed by atoms with van der Waals surface area (Å²) in [6, 6.07) is 27.9. The van der Waals surface area contributed by atoms with Crippen LogP contribution in [0.15, 0.2) is 102 Å². The molecule has 0 saturated heterocycles. The predicted octanol–water partition coefficient (Wildman–Crippen LogP) is 5.61. The Morgan fingerprint density at radius 2 is 1.04 bits per heavy atom. The molecule has 3 aromatic carbocycles. The lowest BCUT2D eigenvalue weighted by atomic mass is 10.4. The van der Waals surface area contributed by atoms with Gasteiger partial charge in [-0.2, -0.15) is 13.2 Å². The molecule has 0 aromatic heterocycles. The molecule has 28 heavy (non-hydrogen) atoms. The van der Waals surface area contributed by atoms with Crippen molar-refractivity contribution in [3.63, 3.8) is 0 Å². The van der Waals surface area contributed by atoms with Crippen molar-refractivity contribution >= 4 is 48.7 Å². The molecular weight excluding hydrogens is 521 g/mol. The maximum Gasteiger partial charge on any atom is 0.430 e. The third kappa shape index (κ3) is 6.68. The van der Waals surface area contributed by atoms with Gasteiger partial charge in [0.05, 0.1) is 10.9 Å². The van der Waals surface area contributed by atoms with E-state index in [0.717, 1.165) is 8.95 Å². The summed E-state index contributed by atoms with van der Waals surface area (Å²) in [6.45, 7) is 0. The van der Waals surface area contributed by atoms with Crippen molar-refractivity contribution in [3.8, 4) is 0 Å². The molecule has 0 bridgehead atoms. The molecule has 0 aliphatic rings. The molecule has 0 atom stereocenters. The second-order valence-corrected chi connectivity index (χ2v) is 9.17. The van der Waals surface area contributed by atoms with Gasteiger partial charge in [-0.15, -0.1) is 0 Å². The van der Waals surface area contributed by atoms with Crippen LogP contribution in [0.2, 0.25) is 0 Å². The van der Waals surface area contributed by atoms with Gasteiger partial charge in [-0.3, -0.25) is 0 Å². The van der Waals surface area contributed by atoms with Gasteiger partial charge in [-0.1, -0.05) is 50.1 Å². The van der Waals surface area contributed by atoms with Crippen LogP contribution >= 0.6 is 31.9 Å². The molecule has 8 heteroatoms. The van der Waals surface area contributed by atoms with Crippen molar-refractivity contribution in [2.24, 2.45) is 0 Å². The summed E-state index contributed by atoms with van der Waals surface area (Å²) in [5.41, 5.74) is 0. The van der Waals surface area contributed by atoms with Crippen LogP contribution < -0.4 is 5.11 Å². The average molecular weight is 534 g/mol. The first-order valence-electron chi connectivity index (χ1n) is 7.77. The SMILES string of the molecule is Brc1ccc([S+](c2ccccc2)c2ccc(Br)cc2)cc1.O=C([O-])C(F)(F)F. The molecule has 0 radical (unpaired) electrons. The molecule has 3 rings (SSSR count). The van der Waals surface area contributed by atoms with Gasteiger partial charge < -0.3 is 9.90 Å². The topological polar surface area (TPSA) is 40.1 Å². The molecule has 2 nitrogen and oxygen atoms in total. The summed E-state index contributed by atoms with van der Waals surface area (Å²) in [6.07, 6.45) is -5.19. The van der Waals surface area contributed by atoms with Gasteiger partial charge in [0, 0.05) is 8.95 Å². The highest BCUT2D eigenvalue weighted by molar-refractivity contribution is 9.10. The van der Waals surface area contributed by atoms with Crippen LogP contribution in [-0.2, 0) is 15.7 Å². The number of carbonyl (C=O) groups is 1. The zero-order valence-corrected chi connectivity index (χ0v) is 18.1. The van der Waals surface area contributed by atoms with Gasteiger partial charge in [0.15, 0.2) is 14.7 Å². The monoisotopic (exact) mass is 532 g/mol. The van der Waals surface area contributed by atoms with Crippen molar-refractivity contribution in [2.45, 2.75) is 20.9 Å². The molecule has 0 unspecified atom stereocenters. The second-order valence-electron chi connectivity index (χ2n) is 5.31. The van der Waals surface area contributed by atoms with Crippen molar-refractivity contribution in [1.29, 1.82) is 0 Å². The first-order valence-corrected chi connectivity index (χ1v) is 10.6. The van der Waals surface area contributed by atoms with Gasteiger partial charge in [-0.25, -0.2) is 0 Å². The third-order valence-electron chi connectivity index (χ3n) is 3.31. The van der Waals surface area contributed by atoms with E-state index in [9.17, 15) is 13.2 Å². The molecule has 0 aliphatic heterocycles. The van der Waals surface area contributed by atoms with Crippen LogP contribution in [0, 0.1) is 0 Å². The van der Waals surface area contributed by atoms with Gasteiger partial charge in [0.2, 0.25) is 0 Å². The number of hydrogen-bond acceptors (Lipinski definition) is 2. The fourth-order valence-electron chi connectivity index (χ4n) is 2.11. The molecule has 146 valence electrons. The van der Waals surface area contributed by atoms with Gasteiger partial charge in [0.25, 0.3) is 0 Å². The van der Waals surface area contributed by atoms with Gasteiger partial charge in [-0.05, 0) is 60.7 Å². The molecule has 0 fully saturated rings. The van der Waals surface area contributed by atoms with E-state index in [-0.39, 0.29) is 10.9 Å². The fourth-order valence-corrected chi connectivity index (χ4v) is 4.70. The number of carboxylic acid groups (broad SMARTS) is 1. The molecular formula is C20H13Br2F3O2S. The zero-order valence-electron chi connectivity index (χ0n) is 14.1. The molecule has 0 amide bonds. The normalized spacial score (nSPS) is 10.9. The largest absolute Gasteiger partial charge is 0.542 e. The van der Waals surface area contributed by atoms with Crippen LogP contribution in [0.25, 0.3) is 0 Å². The molecule has 0 saturated carbocycles. The predicted molar refractivity (Wildman–Crippen MR) is 108 cm³/mol. The van der Waals surface area contributed by atoms with E-state index in [4.69, 9.17) is 9.90 Å². The maximum atomic E-state index is 10.5. The van der Waals surface area contributed by atoms with Crippen molar-refractivity contribution < 1.29 is 23.1 Å². The van der Waals surface area contributed by atoms with E-state index in [0.29, 0.717) is 0 Å². The van der Waals surface area contributed by atoms with Gasteiger partial charge in [0.1, 0.15) is 5.97 Å². The minimum absolute atomic E-state index is 0.0728. The van der Waals surface area contributed by atoms with E-state index in [1.54, 1.807) is 0 Å². The summed E-state index contributed by atoms with van der Waals surface area (Å²) in [5, 5.41) is 8.78. The number of rotatable bonds is 3. The van der Waals surface area contributed by atoms with Crippen LogP contribution in [0.1, 0.15) is 0 Å². The van der Waals surface area contributed by atoms with Crippen LogP contribution in [0.4, 0.5) is 13.2 Å². The number of benzene rings is 3. The Kier molecular flexibility index (Phi) is 8.15. The highest BCUT2D eigenvalue weighted by Gasteiger charge is 2.29. The zero-order chi connectivity index (χ0) is 20.7. The van der Waals surface area contributed by atoms with Crippen molar-refractivity contribution in [2.75, 3.05) is 0 Å². The second kappa shape index (κ2) is 10.1. The number of carbonyl (C=O) groups excluding carboxylic acids is 1. The highest BCUT2D eigenvalue weighted by atomic mass is 79.9. The minimum atomic E-state index is -5.19. The number of alkyl halides is 3. The summed E-state index contributed by atoms with van der Waals surface area (Å²) < 4.78 is 33.8. The molecule has 0 spiro atoms. The molecule has 3 aromatic rings. The smallest absolute Gasteiger partial charge is 0.430 e. The Balaban J connectivity index is 0.000000345. The summed E-state index contributed by atoms with van der Waals surface area (Å²) in [7, 11) is -0.0728. The number of halogens is 5. The Morgan fingerprint density at radius 3 is 1.36 bits per heavy atom. The quantitative estimate of drug-likeness (QED) is 0.411. The lowest BCUT2D eigenvalue weighted by Gasteiger charge is -2.08. The fraction of sp³-hybridized carbons (Fsp3) is 0.0500. The number of aliphatic carboxylic acids is 1. The highest BCUT2D eigenvalue weighted by Crippen LogP contribution is 2.32. The van der Waals surface area contributed by atoms with E-state index in [1.165, 1.54) is 14.7 Å². The molecule has 0 aliphatic carbocycles. The van der Waals surface area contributed by atoms with E-state index in [2.05, 4.69) is 111 Å². The number of carboxylic acids is 1. The lowest BCUT2D eigenvalue weighted by Crippen LogP contribution is -2.37. The summed E-state index contributed by atoms with van der Waals surface area (Å²) >= 11 is 7.03.